The summed E-state index contributed by atoms with van der Waals surface area (Å²) in [5.74, 6) is -1.07. The van der Waals surface area contributed by atoms with Crippen LogP contribution in [0.5, 0.6) is 23.0 Å². The van der Waals surface area contributed by atoms with Crippen LogP contribution in [0.25, 0.3) is 0 Å². The van der Waals surface area contributed by atoms with E-state index in [9.17, 15) is 40.5 Å². The normalized spacial score (nSPS) is 35.5. The number of rotatable bonds is 8. The van der Waals surface area contributed by atoms with Crippen molar-refractivity contribution in [2.75, 3.05) is 7.11 Å². The molecule has 3 heterocycles. The van der Waals surface area contributed by atoms with Crippen LogP contribution in [0.4, 0.5) is 0 Å². The number of aliphatic hydroxyl groups is 5. The molecule has 0 saturated carbocycles. The van der Waals surface area contributed by atoms with Gasteiger partial charge in [0.1, 0.15) is 65.2 Å². The second-order valence-corrected chi connectivity index (χ2v) is 12.3. The van der Waals surface area contributed by atoms with Gasteiger partial charge in [-0.1, -0.05) is 23.8 Å². The van der Waals surface area contributed by atoms with Gasteiger partial charge in [0.15, 0.2) is 24.8 Å². The first-order chi connectivity index (χ1) is 22.2. The number of hydrogen-bond donors (Lipinski definition) is 7. The highest BCUT2D eigenvalue weighted by molar-refractivity contribution is 6.06. The second kappa shape index (κ2) is 14.0. The van der Waals surface area contributed by atoms with Gasteiger partial charge >= 0.3 is 0 Å². The summed E-state index contributed by atoms with van der Waals surface area (Å²) in [4.78, 5) is 14.3. The Hall–Kier alpha value is -3.31. The molecule has 7 N–H and O–H groups in total. The molecule has 0 bridgehead atoms. The quantitative estimate of drug-likeness (QED) is 0.197. The Labute approximate surface area is 271 Å². The van der Waals surface area contributed by atoms with Crippen molar-refractivity contribution in [1.82, 2.24) is 0 Å². The van der Waals surface area contributed by atoms with Crippen molar-refractivity contribution in [3.63, 3.8) is 0 Å². The smallest absolute Gasteiger partial charge is 0.203 e. The Balaban J connectivity index is 1.55. The van der Waals surface area contributed by atoms with Gasteiger partial charge in [0, 0.05) is 11.6 Å². The lowest BCUT2D eigenvalue weighted by Crippen LogP contribution is -2.64. The number of methoxy groups -OCH3 is 1. The number of hydrogen-bond acceptors (Lipinski definition) is 14. The van der Waals surface area contributed by atoms with Gasteiger partial charge in [-0.05, 0) is 51.8 Å². The van der Waals surface area contributed by atoms with Crippen LogP contribution in [-0.4, -0.2) is 116 Å². The minimum Gasteiger partial charge on any atom is -0.507 e. The fraction of sp³-hybridized carbons (Fsp3) is 0.545. The molecule has 14 heteroatoms. The van der Waals surface area contributed by atoms with Gasteiger partial charge in [-0.25, -0.2) is 0 Å². The number of aromatic hydroxyl groups is 2. The molecule has 5 rings (SSSR count). The van der Waals surface area contributed by atoms with E-state index < -0.39 is 85.2 Å². The average Bonchev–Trinajstić information content (AvgIpc) is 3.03. The number of phenols is 2. The molecule has 47 heavy (non-hydrogen) atoms. The van der Waals surface area contributed by atoms with E-state index in [1.54, 1.807) is 24.3 Å². The minimum absolute atomic E-state index is 0.0351. The highest BCUT2D eigenvalue weighted by atomic mass is 16.8. The summed E-state index contributed by atoms with van der Waals surface area (Å²) < 4.78 is 35.2. The third-order valence-electron chi connectivity index (χ3n) is 8.69. The van der Waals surface area contributed by atoms with Crippen molar-refractivity contribution in [2.45, 2.75) is 108 Å². The third kappa shape index (κ3) is 6.84. The molecule has 0 unspecified atom stereocenters. The number of Topliss-reactive ketones (excluding diaryl/α,β-unsaturated/α-hetero) is 1. The lowest BCUT2D eigenvalue weighted by molar-refractivity contribution is -0.366. The van der Waals surface area contributed by atoms with Crippen LogP contribution in [0.3, 0.4) is 0 Å². The van der Waals surface area contributed by atoms with Gasteiger partial charge in [-0.2, -0.15) is 0 Å². The first-order valence-corrected chi connectivity index (χ1v) is 15.3. The Kier molecular flexibility index (Phi) is 10.5. The van der Waals surface area contributed by atoms with Crippen LogP contribution >= 0.6 is 0 Å². The van der Waals surface area contributed by atoms with Crippen molar-refractivity contribution in [1.29, 1.82) is 0 Å². The van der Waals surface area contributed by atoms with Gasteiger partial charge < -0.3 is 64.2 Å². The zero-order valence-corrected chi connectivity index (χ0v) is 26.6. The molecule has 2 aromatic carbocycles. The van der Waals surface area contributed by atoms with Crippen LogP contribution < -0.4 is 9.47 Å². The first-order valence-electron chi connectivity index (χ1n) is 15.3. The summed E-state index contributed by atoms with van der Waals surface area (Å²) in [6, 6.07) is 7.63. The molecule has 2 aromatic rings. The predicted octanol–water partition coefficient (Wildman–Crippen LogP) is 0.996. The van der Waals surface area contributed by atoms with Crippen molar-refractivity contribution in [3.8, 4) is 23.0 Å². The number of benzene rings is 2. The van der Waals surface area contributed by atoms with E-state index in [0.29, 0.717) is 11.3 Å². The molecule has 3 aliphatic heterocycles. The van der Waals surface area contributed by atoms with Gasteiger partial charge in [-0.15, -0.1) is 0 Å². The number of fused-ring (bicyclic) bond motifs is 1. The molecular formula is C33H42O14. The van der Waals surface area contributed by atoms with E-state index in [1.807, 2.05) is 19.9 Å². The summed E-state index contributed by atoms with van der Waals surface area (Å²) in [6.45, 7) is 6.65. The topological polar surface area (TPSA) is 214 Å². The van der Waals surface area contributed by atoms with Crippen molar-refractivity contribution >= 4 is 5.78 Å². The summed E-state index contributed by atoms with van der Waals surface area (Å²) in [5, 5.41) is 74.4. The van der Waals surface area contributed by atoms with Crippen LogP contribution in [0.2, 0.25) is 0 Å². The highest BCUT2D eigenvalue weighted by Gasteiger charge is 2.52. The standard InChI is InChI=1S/C33H42O14/c1-13(2)6-11-18-19(34)12-20(35)21-24(38)30(28(45-29(18)21)16-7-9-17(42-5)10-8-16)46-33-31(26(40)23(37)15(4)44-33)47-32-27(41)25(39)22(36)14(3)43-32/h6-10,12,14-15,22-23,25-28,30-37,39-41H,11H2,1-5H3/t14-,15-,22-,23-,25+,26+,27+,28+,30-,31+,32-,33-/m1/s1. The fourth-order valence-electron chi connectivity index (χ4n) is 5.86. The van der Waals surface area contributed by atoms with E-state index in [1.165, 1.54) is 21.0 Å². The molecule has 12 atom stereocenters. The monoisotopic (exact) mass is 662 g/mol. The van der Waals surface area contributed by atoms with E-state index in [2.05, 4.69) is 0 Å². The van der Waals surface area contributed by atoms with E-state index in [4.69, 9.17) is 28.4 Å². The SMILES string of the molecule is COc1ccc([C@@H]2Oc3c(CC=C(C)C)c(O)cc(O)c3C(=O)[C@H]2O[C@H]2O[C@H](C)[C@@H](O)[C@H](O)[C@@H]2O[C@H]2O[C@H](C)[C@@H](O)[C@H](O)[C@@H]2O)cc1. The number of ether oxygens (including phenoxy) is 6. The van der Waals surface area contributed by atoms with E-state index in [-0.39, 0.29) is 29.0 Å². The number of aliphatic hydroxyl groups excluding tert-OH is 5. The van der Waals surface area contributed by atoms with Gasteiger partial charge in [0.05, 0.1) is 19.3 Å². The Bertz CT molecular complexity index is 1460. The Morgan fingerprint density at radius 1 is 0.830 bits per heavy atom. The maximum atomic E-state index is 14.3. The molecule has 0 aliphatic carbocycles. The number of phenolic OH excluding ortho intramolecular Hbond substituents is 2. The molecule has 3 aliphatic rings. The first kappa shape index (κ1) is 35.0. The van der Waals surface area contributed by atoms with Crippen molar-refractivity contribution in [2.24, 2.45) is 0 Å². The Morgan fingerprint density at radius 3 is 2.06 bits per heavy atom. The van der Waals surface area contributed by atoms with Crippen LogP contribution in [0.15, 0.2) is 42.0 Å². The maximum Gasteiger partial charge on any atom is 0.203 e. The molecule has 14 nitrogen and oxygen atoms in total. The largest absolute Gasteiger partial charge is 0.507 e. The number of carbonyl (C=O) groups excluding carboxylic acids is 1. The summed E-state index contributed by atoms with van der Waals surface area (Å²) >= 11 is 0. The van der Waals surface area contributed by atoms with Gasteiger partial charge in [0.25, 0.3) is 0 Å². The van der Waals surface area contributed by atoms with Gasteiger partial charge in [-0.3, -0.25) is 4.79 Å². The zero-order valence-electron chi connectivity index (χ0n) is 26.6. The summed E-state index contributed by atoms with van der Waals surface area (Å²) in [5.41, 5.74) is 1.42. The number of carbonyl (C=O) groups is 1. The lowest BCUT2D eigenvalue weighted by atomic mass is 9.89. The molecule has 0 spiro atoms. The highest BCUT2D eigenvalue weighted by Crippen LogP contribution is 2.47. The zero-order chi connectivity index (χ0) is 34.3. The predicted molar refractivity (Wildman–Crippen MR) is 162 cm³/mol. The summed E-state index contributed by atoms with van der Waals surface area (Å²) in [6.07, 6.45) is -15.5. The molecular weight excluding hydrogens is 620 g/mol. The molecule has 2 saturated heterocycles. The minimum atomic E-state index is -1.76. The third-order valence-corrected chi connectivity index (χ3v) is 8.69. The lowest BCUT2D eigenvalue weighted by Gasteiger charge is -2.46. The van der Waals surface area contributed by atoms with E-state index >= 15 is 0 Å². The van der Waals surface area contributed by atoms with Gasteiger partial charge in [0.2, 0.25) is 5.78 Å². The number of ketones is 1. The molecule has 258 valence electrons. The molecule has 0 aromatic heterocycles. The second-order valence-electron chi connectivity index (χ2n) is 12.3. The maximum absolute atomic E-state index is 14.3. The molecule has 2 fully saturated rings. The Morgan fingerprint density at radius 2 is 1.45 bits per heavy atom. The van der Waals surface area contributed by atoms with Crippen LogP contribution in [0, 0.1) is 0 Å². The molecule has 0 radical (unpaired) electrons. The van der Waals surface area contributed by atoms with Crippen molar-refractivity contribution < 1.29 is 69.0 Å². The fourth-order valence-corrected chi connectivity index (χ4v) is 5.86. The van der Waals surface area contributed by atoms with Crippen LogP contribution in [-0.2, 0) is 25.4 Å². The van der Waals surface area contributed by atoms with Crippen LogP contribution in [0.1, 0.15) is 55.3 Å². The molecule has 0 amide bonds. The van der Waals surface area contributed by atoms with E-state index in [0.717, 1.165) is 11.6 Å². The summed E-state index contributed by atoms with van der Waals surface area (Å²) in [7, 11) is 1.49. The van der Waals surface area contributed by atoms with Crippen molar-refractivity contribution in [3.05, 3.63) is 58.7 Å². The number of allylic oxidation sites excluding steroid dienone is 2. The average molecular weight is 663 g/mol.